The quantitative estimate of drug-likeness (QED) is 0.781. The molecule has 64 valence electrons. The van der Waals surface area contributed by atoms with Crippen LogP contribution in [0.15, 0.2) is 22.7 Å². The van der Waals surface area contributed by atoms with Gasteiger partial charge in [-0.3, -0.25) is 0 Å². The molecule has 1 heterocycles. The van der Waals surface area contributed by atoms with Crippen LogP contribution in [0.4, 0.5) is 4.39 Å². The van der Waals surface area contributed by atoms with Crippen molar-refractivity contribution < 1.29 is 4.39 Å². The summed E-state index contributed by atoms with van der Waals surface area (Å²) < 4.78 is 13.9. The molecule has 3 heteroatoms. The zero-order chi connectivity index (χ0) is 8.55. The van der Waals surface area contributed by atoms with Gasteiger partial charge in [0.1, 0.15) is 5.82 Å². The van der Waals surface area contributed by atoms with Crippen LogP contribution in [0.25, 0.3) is 0 Å². The van der Waals surface area contributed by atoms with E-state index in [0.29, 0.717) is 4.47 Å². The number of rotatable bonds is 1. The Kier molecular flexibility index (Phi) is 2.15. The predicted molar refractivity (Wildman–Crippen MR) is 49.5 cm³/mol. The van der Waals surface area contributed by atoms with Gasteiger partial charge >= 0.3 is 0 Å². The summed E-state index contributed by atoms with van der Waals surface area (Å²) >= 11 is 3.16. The molecule has 0 aromatic heterocycles. The van der Waals surface area contributed by atoms with Gasteiger partial charge in [-0.15, -0.1) is 0 Å². The minimum atomic E-state index is -0.130. The van der Waals surface area contributed by atoms with Gasteiger partial charge in [-0.05, 0) is 35.0 Å². The van der Waals surface area contributed by atoms with Crippen molar-refractivity contribution in [3.05, 3.63) is 34.1 Å². The van der Waals surface area contributed by atoms with Gasteiger partial charge in [0, 0.05) is 11.6 Å². The summed E-state index contributed by atoms with van der Waals surface area (Å²) in [6.07, 6.45) is 1.04. The van der Waals surface area contributed by atoms with E-state index in [1.807, 2.05) is 12.1 Å². The summed E-state index contributed by atoms with van der Waals surface area (Å²) in [6.45, 7) is 0.997. The molecule has 0 amide bonds. The Morgan fingerprint density at radius 3 is 2.83 bits per heavy atom. The largest absolute Gasteiger partial charge is 0.310 e. The lowest BCUT2D eigenvalue weighted by Crippen LogP contribution is -2.35. The molecule has 1 atom stereocenters. The molecule has 0 radical (unpaired) electrons. The van der Waals surface area contributed by atoms with Crippen molar-refractivity contribution in [2.45, 2.75) is 12.5 Å². The summed E-state index contributed by atoms with van der Waals surface area (Å²) in [5.41, 5.74) is 0.774. The predicted octanol–water partition coefficient (Wildman–Crippen LogP) is 2.62. The van der Waals surface area contributed by atoms with E-state index < -0.39 is 0 Å². The third kappa shape index (κ3) is 1.27. The van der Waals surface area contributed by atoms with Crippen LogP contribution in [0.1, 0.15) is 18.0 Å². The van der Waals surface area contributed by atoms with Crippen LogP contribution in [0.2, 0.25) is 0 Å². The highest BCUT2D eigenvalue weighted by molar-refractivity contribution is 9.10. The van der Waals surface area contributed by atoms with E-state index in [2.05, 4.69) is 21.2 Å². The lowest BCUT2D eigenvalue weighted by Gasteiger charge is -2.28. The first-order valence-corrected chi connectivity index (χ1v) is 4.75. The minimum Gasteiger partial charge on any atom is -0.310 e. The number of hydrogen-bond acceptors (Lipinski definition) is 1. The Bertz CT molecular complexity index is 297. The van der Waals surface area contributed by atoms with Crippen LogP contribution in [0.5, 0.6) is 0 Å². The zero-order valence-corrected chi connectivity index (χ0v) is 8.07. The molecule has 1 aromatic rings. The number of hydrogen-bond donors (Lipinski definition) is 1. The summed E-state index contributed by atoms with van der Waals surface area (Å²) in [5, 5.41) is 3.17. The third-order valence-electron chi connectivity index (χ3n) is 2.18. The van der Waals surface area contributed by atoms with E-state index in [4.69, 9.17) is 0 Å². The fourth-order valence-electron chi connectivity index (χ4n) is 1.34. The van der Waals surface area contributed by atoms with Crippen LogP contribution in [0.3, 0.4) is 0 Å². The van der Waals surface area contributed by atoms with Gasteiger partial charge in [-0.1, -0.05) is 12.1 Å². The second-order valence-electron chi connectivity index (χ2n) is 2.94. The summed E-state index contributed by atoms with van der Waals surface area (Å²) in [6, 6.07) is 5.64. The average Bonchev–Trinajstić information content (AvgIpc) is 1.95. The Balaban J connectivity index is 2.36. The molecule has 1 N–H and O–H groups in total. The first-order valence-electron chi connectivity index (χ1n) is 3.96. The molecule has 2 rings (SSSR count). The fourth-order valence-corrected chi connectivity index (χ4v) is 1.73. The third-order valence-corrected chi connectivity index (χ3v) is 2.79. The SMILES string of the molecule is Fc1c(Br)cccc1C1CCN1. The van der Waals surface area contributed by atoms with Crippen molar-refractivity contribution in [1.82, 2.24) is 5.32 Å². The molecule has 0 spiro atoms. The minimum absolute atomic E-state index is 0.130. The second kappa shape index (κ2) is 3.15. The molecule has 1 aliphatic heterocycles. The number of nitrogens with one attached hydrogen (secondary N) is 1. The molecule has 1 unspecified atom stereocenters. The molecule has 1 aliphatic rings. The molecular formula is C9H9BrFN. The first kappa shape index (κ1) is 8.20. The monoisotopic (exact) mass is 229 g/mol. The smallest absolute Gasteiger partial charge is 0.142 e. The highest BCUT2D eigenvalue weighted by atomic mass is 79.9. The molecule has 1 nitrogen and oxygen atoms in total. The topological polar surface area (TPSA) is 12.0 Å². The van der Waals surface area contributed by atoms with Gasteiger partial charge in [0.25, 0.3) is 0 Å². The van der Waals surface area contributed by atoms with Gasteiger partial charge in [-0.25, -0.2) is 4.39 Å². The van der Waals surface area contributed by atoms with Crippen LogP contribution in [-0.4, -0.2) is 6.54 Å². The van der Waals surface area contributed by atoms with Crippen LogP contribution < -0.4 is 5.32 Å². The lowest BCUT2D eigenvalue weighted by atomic mass is 9.98. The molecule has 12 heavy (non-hydrogen) atoms. The second-order valence-corrected chi connectivity index (χ2v) is 3.79. The standard InChI is InChI=1S/C9H9BrFN/c10-7-3-1-2-6(9(7)11)8-4-5-12-8/h1-3,8,12H,4-5H2. The molecule has 0 saturated carbocycles. The normalized spacial score (nSPS) is 22.0. The molecule has 1 aromatic carbocycles. The van der Waals surface area contributed by atoms with Crippen molar-refractivity contribution in [3.63, 3.8) is 0 Å². The summed E-state index contributed by atoms with van der Waals surface area (Å²) in [5.74, 6) is -0.130. The van der Waals surface area contributed by atoms with Crippen molar-refractivity contribution in [2.75, 3.05) is 6.54 Å². The van der Waals surface area contributed by atoms with Gasteiger partial charge in [0.15, 0.2) is 0 Å². The van der Waals surface area contributed by atoms with Gasteiger partial charge in [0.05, 0.1) is 4.47 Å². The van der Waals surface area contributed by atoms with Crippen molar-refractivity contribution in [2.24, 2.45) is 0 Å². The Hall–Kier alpha value is -0.410. The maximum Gasteiger partial charge on any atom is 0.142 e. The van der Waals surface area contributed by atoms with E-state index in [9.17, 15) is 4.39 Å². The highest BCUT2D eigenvalue weighted by Crippen LogP contribution is 2.28. The van der Waals surface area contributed by atoms with E-state index in [1.165, 1.54) is 0 Å². The summed E-state index contributed by atoms with van der Waals surface area (Å²) in [4.78, 5) is 0. The maximum absolute atomic E-state index is 13.4. The Labute approximate surface area is 79.1 Å². The Morgan fingerprint density at radius 2 is 2.25 bits per heavy atom. The van der Waals surface area contributed by atoms with Crippen LogP contribution in [0, 0.1) is 5.82 Å². The van der Waals surface area contributed by atoms with Gasteiger partial charge in [0.2, 0.25) is 0 Å². The Morgan fingerprint density at radius 1 is 1.50 bits per heavy atom. The lowest BCUT2D eigenvalue weighted by molar-refractivity contribution is 0.370. The fraction of sp³-hybridized carbons (Fsp3) is 0.333. The van der Waals surface area contributed by atoms with Crippen molar-refractivity contribution >= 4 is 15.9 Å². The summed E-state index contributed by atoms with van der Waals surface area (Å²) in [7, 11) is 0. The van der Waals surface area contributed by atoms with E-state index in [0.717, 1.165) is 18.5 Å². The average molecular weight is 230 g/mol. The van der Waals surface area contributed by atoms with Crippen LogP contribution >= 0.6 is 15.9 Å². The zero-order valence-electron chi connectivity index (χ0n) is 6.48. The number of benzene rings is 1. The molecule has 0 bridgehead atoms. The van der Waals surface area contributed by atoms with Crippen LogP contribution in [-0.2, 0) is 0 Å². The maximum atomic E-state index is 13.4. The molecule has 1 fully saturated rings. The van der Waals surface area contributed by atoms with Gasteiger partial charge < -0.3 is 5.32 Å². The molecule has 0 aliphatic carbocycles. The van der Waals surface area contributed by atoms with E-state index >= 15 is 0 Å². The van der Waals surface area contributed by atoms with Gasteiger partial charge in [-0.2, -0.15) is 0 Å². The van der Waals surface area contributed by atoms with Crippen molar-refractivity contribution in [1.29, 1.82) is 0 Å². The molecular weight excluding hydrogens is 221 g/mol. The first-order chi connectivity index (χ1) is 5.79. The number of halogens is 2. The highest BCUT2D eigenvalue weighted by Gasteiger charge is 2.22. The molecule has 1 saturated heterocycles. The van der Waals surface area contributed by atoms with E-state index in [1.54, 1.807) is 6.07 Å². The van der Waals surface area contributed by atoms with E-state index in [-0.39, 0.29) is 11.9 Å². The van der Waals surface area contributed by atoms with Crippen molar-refractivity contribution in [3.8, 4) is 0 Å².